The molecule has 110 valence electrons. The quantitative estimate of drug-likeness (QED) is 0.727. The number of aromatic nitrogens is 1. The molecule has 20 heavy (non-hydrogen) atoms. The minimum atomic E-state index is -0.583. The molecular formula is C14H22N4O2. The number of anilines is 1. The summed E-state index contributed by atoms with van der Waals surface area (Å²) < 4.78 is 0. The molecule has 2 amide bonds. The number of carbonyl (C=O) groups is 2. The molecule has 0 saturated carbocycles. The van der Waals surface area contributed by atoms with Crippen molar-refractivity contribution in [2.24, 2.45) is 0 Å². The highest BCUT2D eigenvalue weighted by Gasteiger charge is 2.18. The number of aryl methyl sites for hydroxylation is 1. The molecule has 0 aliphatic carbocycles. The van der Waals surface area contributed by atoms with E-state index in [-0.39, 0.29) is 11.8 Å². The van der Waals surface area contributed by atoms with Crippen molar-refractivity contribution in [3.63, 3.8) is 0 Å². The Labute approximate surface area is 119 Å². The van der Waals surface area contributed by atoms with E-state index in [1.54, 1.807) is 20.0 Å². The van der Waals surface area contributed by atoms with Crippen LogP contribution in [0.25, 0.3) is 0 Å². The van der Waals surface area contributed by atoms with Crippen LogP contribution in [0.1, 0.15) is 36.3 Å². The van der Waals surface area contributed by atoms with Gasteiger partial charge in [0.1, 0.15) is 6.04 Å². The zero-order valence-electron chi connectivity index (χ0n) is 12.4. The molecule has 1 aromatic rings. The third-order valence-corrected chi connectivity index (χ3v) is 2.84. The lowest BCUT2D eigenvalue weighted by molar-refractivity contribution is -0.122. The zero-order valence-corrected chi connectivity index (χ0v) is 12.4. The molecule has 3 N–H and O–H groups in total. The second-order valence-corrected chi connectivity index (χ2v) is 4.61. The molecule has 6 heteroatoms. The molecule has 0 aliphatic rings. The largest absolute Gasteiger partial charge is 0.387 e. The lowest BCUT2D eigenvalue weighted by Gasteiger charge is -2.15. The van der Waals surface area contributed by atoms with Crippen LogP contribution >= 0.6 is 0 Å². The fourth-order valence-corrected chi connectivity index (χ4v) is 1.69. The number of carbonyl (C=O) groups excluding carboxylic acids is 2. The topological polar surface area (TPSA) is 83.1 Å². The predicted octanol–water partition coefficient (Wildman–Crippen LogP) is 1.08. The Morgan fingerprint density at radius 2 is 2.10 bits per heavy atom. The summed E-state index contributed by atoms with van der Waals surface area (Å²) in [5.74, 6) is -0.507. The molecule has 1 aromatic heterocycles. The Balaban J connectivity index is 2.73. The standard InChI is InChI=1S/C14H22N4O2/c1-5-6-16-13(19)10(3)18-14(20)11-8-17-9(2)7-12(11)15-4/h7-8,10H,5-6H2,1-4H3,(H,15,17)(H,16,19)(H,18,20). The van der Waals surface area contributed by atoms with E-state index < -0.39 is 6.04 Å². The first-order chi connectivity index (χ1) is 9.49. The summed E-state index contributed by atoms with van der Waals surface area (Å²) >= 11 is 0. The van der Waals surface area contributed by atoms with Crippen LogP contribution in [-0.4, -0.2) is 36.4 Å². The first-order valence-corrected chi connectivity index (χ1v) is 6.72. The van der Waals surface area contributed by atoms with Gasteiger partial charge in [0.05, 0.1) is 11.3 Å². The van der Waals surface area contributed by atoms with E-state index in [0.29, 0.717) is 17.8 Å². The van der Waals surface area contributed by atoms with Crippen LogP contribution in [0.4, 0.5) is 5.69 Å². The van der Waals surface area contributed by atoms with Crippen molar-refractivity contribution in [2.75, 3.05) is 18.9 Å². The SMILES string of the molecule is CCCNC(=O)C(C)NC(=O)c1cnc(C)cc1NC. The smallest absolute Gasteiger partial charge is 0.255 e. The molecule has 0 spiro atoms. The van der Waals surface area contributed by atoms with E-state index >= 15 is 0 Å². The van der Waals surface area contributed by atoms with Gasteiger partial charge >= 0.3 is 0 Å². The van der Waals surface area contributed by atoms with Crippen molar-refractivity contribution in [1.29, 1.82) is 0 Å². The summed E-state index contributed by atoms with van der Waals surface area (Å²) in [5.41, 5.74) is 1.93. The molecule has 0 saturated heterocycles. The Morgan fingerprint density at radius 1 is 1.40 bits per heavy atom. The lowest BCUT2D eigenvalue weighted by Crippen LogP contribution is -2.45. The number of hydrogen-bond donors (Lipinski definition) is 3. The summed E-state index contributed by atoms with van der Waals surface area (Å²) in [7, 11) is 1.74. The van der Waals surface area contributed by atoms with Gasteiger partial charge in [0.2, 0.25) is 5.91 Å². The van der Waals surface area contributed by atoms with Crippen LogP contribution in [0.15, 0.2) is 12.3 Å². The van der Waals surface area contributed by atoms with Gasteiger partial charge in [0, 0.05) is 25.5 Å². The van der Waals surface area contributed by atoms with Crippen LogP contribution < -0.4 is 16.0 Å². The Bertz CT molecular complexity index is 488. The average Bonchev–Trinajstić information content (AvgIpc) is 2.44. The number of rotatable bonds is 6. The number of pyridine rings is 1. The van der Waals surface area contributed by atoms with Crippen LogP contribution in [0, 0.1) is 6.92 Å². The predicted molar refractivity (Wildman–Crippen MR) is 78.7 cm³/mol. The normalized spacial score (nSPS) is 11.6. The molecule has 1 rings (SSSR count). The first-order valence-electron chi connectivity index (χ1n) is 6.72. The van der Waals surface area contributed by atoms with Crippen molar-refractivity contribution in [1.82, 2.24) is 15.6 Å². The van der Waals surface area contributed by atoms with Crippen molar-refractivity contribution in [2.45, 2.75) is 33.2 Å². The molecular weight excluding hydrogens is 256 g/mol. The molecule has 0 aromatic carbocycles. The van der Waals surface area contributed by atoms with E-state index in [9.17, 15) is 9.59 Å². The molecule has 0 radical (unpaired) electrons. The fourth-order valence-electron chi connectivity index (χ4n) is 1.69. The minimum absolute atomic E-state index is 0.189. The van der Waals surface area contributed by atoms with Crippen LogP contribution in [-0.2, 0) is 4.79 Å². The highest BCUT2D eigenvalue weighted by molar-refractivity contribution is 6.01. The molecule has 1 heterocycles. The monoisotopic (exact) mass is 278 g/mol. The summed E-state index contributed by atoms with van der Waals surface area (Å²) in [6, 6.07) is 1.21. The van der Waals surface area contributed by atoms with Crippen molar-refractivity contribution in [3.05, 3.63) is 23.5 Å². The van der Waals surface area contributed by atoms with E-state index in [1.165, 1.54) is 6.20 Å². The van der Waals surface area contributed by atoms with Crippen molar-refractivity contribution >= 4 is 17.5 Å². The number of nitrogens with zero attached hydrogens (tertiary/aromatic N) is 1. The van der Waals surface area contributed by atoms with Gasteiger partial charge in [-0.1, -0.05) is 6.92 Å². The van der Waals surface area contributed by atoms with Gasteiger partial charge in [0.15, 0.2) is 0 Å². The van der Waals surface area contributed by atoms with E-state index in [2.05, 4.69) is 20.9 Å². The van der Waals surface area contributed by atoms with Gasteiger partial charge in [-0.15, -0.1) is 0 Å². The number of amides is 2. The Kier molecular flexibility index (Phi) is 5.96. The molecule has 0 fully saturated rings. The second kappa shape index (κ2) is 7.47. The third-order valence-electron chi connectivity index (χ3n) is 2.84. The maximum absolute atomic E-state index is 12.2. The average molecular weight is 278 g/mol. The molecule has 6 nitrogen and oxygen atoms in total. The maximum Gasteiger partial charge on any atom is 0.255 e. The molecule has 0 aliphatic heterocycles. The highest BCUT2D eigenvalue weighted by atomic mass is 16.2. The highest BCUT2D eigenvalue weighted by Crippen LogP contribution is 2.14. The summed E-state index contributed by atoms with van der Waals surface area (Å²) in [6.45, 7) is 6.08. The zero-order chi connectivity index (χ0) is 15.1. The summed E-state index contributed by atoms with van der Waals surface area (Å²) in [4.78, 5) is 28.0. The van der Waals surface area contributed by atoms with Gasteiger partial charge in [0.25, 0.3) is 5.91 Å². The lowest BCUT2D eigenvalue weighted by atomic mass is 10.2. The molecule has 0 bridgehead atoms. The Hall–Kier alpha value is -2.11. The van der Waals surface area contributed by atoms with E-state index in [4.69, 9.17) is 0 Å². The van der Waals surface area contributed by atoms with E-state index in [0.717, 1.165) is 12.1 Å². The molecule has 1 atom stereocenters. The van der Waals surface area contributed by atoms with Crippen LogP contribution in [0.2, 0.25) is 0 Å². The molecule has 1 unspecified atom stereocenters. The fraction of sp³-hybridized carbons (Fsp3) is 0.500. The Morgan fingerprint density at radius 3 is 2.70 bits per heavy atom. The van der Waals surface area contributed by atoms with Gasteiger partial charge in [-0.2, -0.15) is 0 Å². The third kappa shape index (κ3) is 4.22. The van der Waals surface area contributed by atoms with Gasteiger partial charge in [-0.05, 0) is 26.3 Å². The van der Waals surface area contributed by atoms with Gasteiger partial charge < -0.3 is 16.0 Å². The second-order valence-electron chi connectivity index (χ2n) is 4.61. The van der Waals surface area contributed by atoms with Crippen LogP contribution in [0.5, 0.6) is 0 Å². The number of nitrogens with one attached hydrogen (secondary N) is 3. The van der Waals surface area contributed by atoms with Crippen molar-refractivity contribution < 1.29 is 9.59 Å². The minimum Gasteiger partial charge on any atom is -0.387 e. The van der Waals surface area contributed by atoms with Crippen molar-refractivity contribution in [3.8, 4) is 0 Å². The van der Waals surface area contributed by atoms with Gasteiger partial charge in [-0.3, -0.25) is 14.6 Å². The van der Waals surface area contributed by atoms with E-state index in [1.807, 2.05) is 13.8 Å². The summed E-state index contributed by atoms with van der Waals surface area (Å²) in [6.07, 6.45) is 2.37. The van der Waals surface area contributed by atoms with Gasteiger partial charge in [-0.25, -0.2) is 0 Å². The first kappa shape index (κ1) is 15.9. The number of hydrogen-bond acceptors (Lipinski definition) is 4. The van der Waals surface area contributed by atoms with Crippen LogP contribution in [0.3, 0.4) is 0 Å². The summed E-state index contributed by atoms with van der Waals surface area (Å²) in [5, 5.41) is 8.36. The maximum atomic E-state index is 12.2.